The Morgan fingerprint density at radius 1 is 1.12 bits per heavy atom. The molecule has 11 heteroatoms. The summed E-state index contributed by atoms with van der Waals surface area (Å²) < 4.78 is 20.7. The van der Waals surface area contributed by atoms with Crippen LogP contribution in [0.25, 0.3) is 28.1 Å². The smallest absolute Gasteiger partial charge is 0.348 e. The Morgan fingerprint density at radius 2 is 1.94 bits per heavy atom. The van der Waals surface area contributed by atoms with E-state index < -0.39 is 17.4 Å². The van der Waals surface area contributed by atoms with E-state index in [-0.39, 0.29) is 33.7 Å². The van der Waals surface area contributed by atoms with Gasteiger partial charge in [0.1, 0.15) is 11.6 Å². The lowest BCUT2D eigenvalue weighted by atomic mass is 10.1. The van der Waals surface area contributed by atoms with E-state index in [1.165, 1.54) is 43.5 Å². The van der Waals surface area contributed by atoms with Crippen molar-refractivity contribution in [2.45, 2.75) is 0 Å². The van der Waals surface area contributed by atoms with Gasteiger partial charge in [-0.1, -0.05) is 29.8 Å². The van der Waals surface area contributed by atoms with Crippen LogP contribution in [0.1, 0.15) is 10.4 Å². The minimum atomic E-state index is -0.622. The molecular weight excluding hydrogens is 463 g/mol. The van der Waals surface area contributed by atoms with E-state index >= 15 is 0 Å². The highest BCUT2D eigenvalue weighted by Crippen LogP contribution is 2.28. The molecule has 9 nitrogen and oxygen atoms in total. The van der Waals surface area contributed by atoms with Crippen molar-refractivity contribution < 1.29 is 13.9 Å². The van der Waals surface area contributed by atoms with E-state index in [0.717, 1.165) is 10.2 Å². The van der Waals surface area contributed by atoms with Crippen LogP contribution < -0.4 is 15.7 Å². The van der Waals surface area contributed by atoms with Crippen LogP contribution in [0.4, 0.5) is 10.3 Å². The fourth-order valence-corrected chi connectivity index (χ4v) is 3.77. The third kappa shape index (κ3) is 3.80. The third-order valence-electron chi connectivity index (χ3n) is 5.11. The Kier molecular flexibility index (Phi) is 5.34. The Morgan fingerprint density at radius 3 is 2.71 bits per heavy atom. The van der Waals surface area contributed by atoms with Crippen molar-refractivity contribution >= 4 is 34.5 Å². The fraction of sp³-hybridized carbons (Fsp3) is 0.0435. The van der Waals surface area contributed by atoms with Gasteiger partial charge >= 0.3 is 5.69 Å². The molecule has 2 heterocycles. The number of carbonyl (C=O) groups is 1. The largest absolute Gasteiger partial charge is 0.496 e. The maximum absolute atomic E-state index is 14.3. The summed E-state index contributed by atoms with van der Waals surface area (Å²) in [6.07, 6.45) is 0. The summed E-state index contributed by atoms with van der Waals surface area (Å²) in [5.74, 6) is -0.628. The van der Waals surface area contributed by atoms with Crippen molar-refractivity contribution in [3.8, 4) is 22.8 Å². The van der Waals surface area contributed by atoms with Gasteiger partial charge in [0.15, 0.2) is 5.82 Å². The number of imidazole rings is 1. The van der Waals surface area contributed by atoms with Gasteiger partial charge in [-0.2, -0.15) is 4.68 Å². The lowest BCUT2D eigenvalue weighted by Gasteiger charge is -2.10. The zero-order chi connectivity index (χ0) is 23.8. The molecular formula is C23H16ClFN6O3. The molecule has 3 N–H and O–H groups in total. The number of aromatic amines is 2. The first-order chi connectivity index (χ1) is 16.4. The van der Waals surface area contributed by atoms with Gasteiger partial charge in [-0.15, -0.1) is 5.10 Å². The summed E-state index contributed by atoms with van der Waals surface area (Å²) in [7, 11) is 1.40. The number of aromatic nitrogens is 5. The van der Waals surface area contributed by atoms with Crippen molar-refractivity contribution in [3.63, 3.8) is 0 Å². The monoisotopic (exact) mass is 478 g/mol. The van der Waals surface area contributed by atoms with Gasteiger partial charge in [-0.05, 0) is 36.4 Å². The molecule has 0 radical (unpaired) electrons. The molecule has 0 spiro atoms. The quantitative estimate of drug-likeness (QED) is 0.350. The molecule has 1 amide bonds. The number of ether oxygens (including phenoxy) is 1. The zero-order valence-electron chi connectivity index (χ0n) is 17.6. The SMILES string of the molecule is COc1cc(-n2nc(-c3c(F)cccc3Cl)[nH]c2=O)ccc1C(=O)Nc1nc2ccccc2[nH]1. The van der Waals surface area contributed by atoms with Crippen molar-refractivity contribution in [3.05, 3.63) is 87.6 Å². The molecule has 0 aliphatic rings. The molecule has 3 aromatic carbocycles. The van der Waals surface area contributed by atoms with Gasteiger partial charge in [0, 0.05) is 6.07 Å². The normalized spacial score (nSPS) is 11.0. The number of hydrogen-bond donors (Lipinski definition) is 3. The standard InChI is InChI=1S/C23H16ClFN6O3/c1-34-18-11-12(31-23(33)28-20(30-31)19-14(24)5-4-6-15(19)25)9-10-13(18)21(32)29-22-26-16-7-2-3-8-17(16)27-22/h2-11H,1H3,(H,28,30,33)(H2,26,27,29,32). The summed E-state index contributed by atoms with van der Waals surface area (Å²) in [5.41, 5.74) is 1.38. The molecule has 0 aliphatic heterocycles. The lowest BCUT2D eigenvalue weighted by molar-refractivity contribution is 0.102. The molecule has 0 atom stereocenters. The van der Waals surface area contributed by atoms with E-state index in [9.17, 15) is 14.0 Å². The molecule has 0 bridgehead atoms. The molecule has 0 unspecified atom stereocenters. The number of carbonyl (C=O) groups excluding carboxylic acids is 1. The van der Waals surface area contributed by atoms with E-state index in [1.807, 2.05) is 24.3 Å². The Balaban J connectivity index is 1.47. The number of benzene rings is 3. The van der Waals surface area contributed by atoms with Gasteiger partial charge < -0.3 is 9.72 Å². The third-order valence-corrected chi connectivity index (χ3v) is 5.43. The van der Waals surface area contributed by atoms with Crippen molar-refractivity contribution in [2.24, 2.45) is 0 Å². The highest BCUT2D eigenvalue weighted by atomic mass is 35.5. The summed E-state index contributed by atoms with van der Waals surface area (Å²) in [4.78, 5) is 35.2. The molecule has 5 rings (SSSR count). The average Bonchev–Trinajstić information content (AvgIpc) is 3.41. The van der Waals surface area contributed by atoms with Gasteiger partial charge in [0.25, 0.3) is 5.91 Å². The number of rotatable bonds is 5. The lowest BCUT2D eigenvalue weighted by Crippen LogP contribution is -2.17. The Labute approximate surface area is 196 Å². The predicted octanol–water partition coefficient (Wildman–Crippen LogP) is 4.16. The van der Waals surface area contributed by atoms with Crippen molar-refractivity contribution in [2.75, 3.05) is 12.4 Å². The number of nitrogens with one attached hydrogen (secondary N) is 3. The van der Waals surface area contributed by atoms with Crippen LogP contribution in [-0.2, 0) is 0 Å². The maximum Gasteiger partial charge on any atom is 0.348 e. The number of methoxy groups -OCH3 is 1. The minimum Gasteiger partial charge on any atom is -0.496 e. The van der Waals surface area contributed by atoms with Crippen LogP contribution in [0.15, 0.2) is 65.5 Å². The summed E-state index contributed by atoms with van der Waals surface area (Å²) in [5, 5.41) is 6.97. The number of hydrogen-bond acceptors (Lipinski definition) is 5. The molecule has 34 heavy (non-hydrogen) atoms. The Bertz CT molecular complexity index is 1550. The number of para-hydroxylation sites is 2. The molecule has 5 aromatic rings. The second-order valence-corrected chi connectivity index (χ2v) is 7.64. The van der Waals surface area contributed by atoms with Gasteiger partial charge in [-0.25, -0.2) is 14.2 Å². The highest BCUT2D eigenvalue weighted by molar-refractivity contribution is 6.33. The number of nitrogens with zero attached hydrogens (tertiary/aromatic N) is 3. The first-order valence-corrected chi connectivity index (χ1v) is 10.4. The number of H-pyrrole nitrogens is 2. The van der Waals surface area contributed by atoms with Crippen molar-refractivity contribution in [1.82, 2.24) is 24.7 Å². The molecule has 2 aromatic heterocycles. The molecule has 0 saturated carbocycles. The maximum atomic E-state index is 14.3. The summed E-state index contributed by atoms with van der Waals surface area (Å²) in [6.45, 7) is 0. The Hall–Kier alpha value is -4.44. The average molecular weight is 479 g/mol. The van der Waals surface area contributed by atoms with E-state index in [1.54, 1.807) is 0 Å². The predicted molar refractivity (Wildman–Crippen MR) is 125 cm³/mol. The highest BCUT2D eigenvalue weighted by Gasteiger charge is 2.19. The number of anilines is 1. The summed E-state index contributed by atoms with van der Waals surface area (Å²) in [6, 6.07) is 16.0. The van der Waals surface area contributed by atoms with Crippen molar-refractivity contribution in [1.29, 1.82) is 0 Å². The number of amides is 1. The van der Waals surface area contributed by atoms with Crippen LogP contribution in [0.3, 0.4) is 0 Å². The molecule has 0 saturated heterocycles. The fourth-order valence-electron chi connectivity index (χ4n) is 3.52. The second kappa shape index (κ2) is 8.49. The second-order valence-electron chi connectivity index (χ2n) is 7.23. The van der Waals surface area contributed by atoms with E-state index in [4.69, 9.17) is 16.3 Å². The number of fused-ring (bicyclic) bond motifs is 1. The van der Waals surface area contributed by atoms with Crippen LogP contribution in [-0.4, -0.2) is 37.7 Å². The van der Waals surface area contributed by atoms with Crippen LogP contribution in [0, 0.1) is 5.82 Å². The molecule has 0 fully saturated rings. The number of halogens is 2. The first-order valence-electron chi connectivity index (χ1n) is 10.0. The van der Waals surface area contributed by atoms with Gasteiger partial charge in [0.2, 0.25) is 5.95 Å². The van der Waals surface area contributed by atoms with Gasteiger partial charge in [0.05, 0.1) is 40.0 Å². The van der Waals surface area contributed by atoms with Crippen LogP contribution in [0.2, 0.25) is 5.02 Å². The van der Waals surface area contributed by atoms with E-state index in [2.05, 4.69) is 25.4 Å². The van der Waals surface area contributed by atoms with Gasteiger partial charge in [-0.3, -0.25) is 15.1 Å². The first kappa shape index (κ1) is 21.4. The summed E-state index contributed by atoms with van der Waals surface area (Å²) >= 11 is 6.08. The zero-order valence-corrected chi connectivity index (χ0v) is 18.4. The van der Waals surface area contributed by atoms with Crippen LogP contribution in [0.5, 0.6) is 5.75 Å². The molecule has 0 aliphatic carbocycles. The van der Waals surface area contributed by atoms with E-state index in [0.29, 0.717) is 11.2 Å². The topological polar surface area (TPSA) is 118 Å². The minimum absolute atomic E-state index is 0.0196. The van der Waals surface area contributed by atoms with Crippen LogP contribution >= 0.6 is 11.6 Å². The molecule has 170 valence electrons.